The molecule has 0 atom stereocenters. The molecule has 2 heterocycles. The summed E-state index contributed by atoms with van der Waals surface area (Å²) in [5.41, 5.74) is -0.903. The number of hydrogen-bond acceptors (Lipinski definition) is 8. The standard InChI is InChI=1S/C17H13Cl2F4N5O5S/c18-8-1-7(28-6-25-17(30)14(27-28)16(22)23)2-9(19)15(8)33-13-3-11(10(29)4-24-13)34(31,32)26-5-12(20)21/h1-4,12,16,26,29H,5-6H2,(H,25,30). The van der Waals surface area contributed by atoms with Gasteiger partial charge >= 0.3 is 0 Å². The van der Waals surface area contributed by atoms with E-state index in [2.05, 4.69) is 15.4 Å². The normalized spacial score (nSPS) is 14.4. The molecule has 17 heteroatoms. The minimum atomic E-state index is -4.54. The number of amides is 1. The maximum Gasteiger partial charge on any atom is 0.287 e. The van der Waals surface area contributed by atoms with Crippen LogP contribution in [0.25, 0.3) is 0 Å². The maximum atomic E-state index is 13.0. The number of carbonyl (C=O) groups is 1. The Labute approximate surface area is 199 Å². The number of nitrogens with zero attached hydrogens (tertiary/aromatic N) is 3. The number of nitrogens with one attached hydrogen (secondary N) is 2. The Morgan fingerprint density at radius 1 is 1.21 bits per heavy atom. The van der Waals surface area contributed by atoms with Crippen molar-refractivity contribution in [1.82, 2.24) is 15.0 Å². The summed E-state index contributed by atoms with van der Waals surface area (Å²) in [5, 5.41) is 16.2. The molecule has 3 rings (SSSR count). The van der Waals surface area contributed by atoms with Crippen molar-refractivity contribution in [3.8, 4) is 17.4 Å². The van der Waals surface area contributed by atoms with Crippen LogP contribution in [-0.4, -0.2) is 56.2 Å². The summed E-state index contributed by atoms with van der Waals surface area (Å²) < 4.78 is 82.0. The van der Waals surface area contributed by atoms with Crippen molar-refractivity contribution in [1.29, 1.82) is 0 Å². The molecule has 10 nitrogen and oxygen atoms in total. The molecule has 0 saturated heterocycles. The van der Waals surface area contributed by atoms with E-state index in [9.17, 15) is 35.9 Å². The molecule has 0 spiro atoms. The Hall–Kier alpha value is -2.88. The number of pyridine rings is 1. The van der Waals surface area contributed by atoms with Crippen LogP contribution in [0.2, 0.25) is 10.0 Å². The van der Waals surface area contributed by atoms with E-state index in [1.165, 1.54) is 12.1 Å². The van der Waals surface area contributed by atoms with E-state index in [-0.39, 0.29) is 28.2 Å². The molecule has 1 aliphatic heterocycles. The zero-order chi connectivity index (χ0) is 25.2. The van der Waals surface area contributed by atoms with Crippen LogP contribution in [0.4, 0.5) is 23.2 Å². The number of alkyl halides is 4. The number of hydrogen-bond donors (Lipinski definition) is 3. The minimum absolute atomic E-state index is 0.110. The van der Waals surface area contributed by atoms with E-state index in [1.54, 1.807) is 4.72 Å². The lowest BCUT2D eigenvalue weighted by molar-refractivity contribution is -0.115. The summed E-state index contributed by atoms with van der Waals surface area (Å²) >= 11 is 12.3. The van der Waals surface area contributed by atoms with E-state index in [0.717, 1.165) is 11.1 Å². The average Bonchev–Trinajstić information content (AvgIpc) is 2.76. The maximum absolute atomic E-state index is 13.0. The Kier molecular flexibility index (Phi) is 7.70. The second-order valence-electron chi connectivity index (χ2n) is 6.42. The van der Waals surface area contributed by atoms with Gasteiger partial charge in [0.15, 0.2) is 17.2 Å². The summed E-state index contributed by atoms with van der Waals surface area (Å²) in [5.74, 6) is -2.51. The highest BCUT2D eigenvalue weighted by molar-refractivity contribution is 7.89. The van der Waals surface area contributed by atoms with Gasteiger partial charge in [0.2, 0.25) is 15.9 Å². The van der Waals surface area contributed by atoms with Gasteiger partial charge in [-0.05, 0) is 12.1 Å². The average molecular weight is 546 g/mol. The van der Waals surface area contributed by atoms with Crippen molar-refractivity contribution >= 4 is 50.5 Å². The predicted molar refractivity (Wildman–Crippen MR) is 113 cm³/mol. The van der Waals surface area contributed by atoms with Crippen molar-refractivity contribution in [2.24, 2.45) is 5.10 Å². The summed E-state index contributed by atoms with van der Waals surface area (Å²) in [6.45, 7) is -1.44. The molecule has 2 aromatic rings. The lowest BCUT2D eigenvalue weighted by Crippen LogP contribution is -2.47. The lowest BCUT2D eigenvalue weighted by atomic mass is 10.2. The van der Waals surface area contributed by atoms with Crippen molar-refractivity contribution in [3.63, 3.8) is 0 Å². The Morgan fingerprint density at radius 3 is 2.44 bits per heavy atom. The molecule has 0 unspecified atom stereocenters. The molecule has 1 aromatic carbocycles. The summed E-state index contributed by atoms with van der Waals surface area (Å²) in [6, 6.07) is 3.19. The van der Waals surface area contributed by atoms with E-state index in [0.29, 0.717) is 6.20 Å². The molecule has 0 saturated carbocycles. The molecular weight excluding hydrogens is 533 g/mol. The van der Waals surface area contributed by atoms with Gasteiger partial charge < -0.3 is 15.2 Å². The van der Waals surface area contributed by atoms with Gasteiger partial charge in [-0.1, -0.05) is 23.2 Å². The highest BCUT2D eigenvalue weighted by atomic mass is 35.5. The molecule has 0 bridgehead atoms. The number of halogens is 6. The molecule has 0 aliphatic carbocycles. The third-order valence-electron chi connectivity index (χ3n) is 4.08. The highest BCUT2D eigenvalue weighted by Crippen LogP contribution is 2.40. The number of aromatic nitrogens is 1. The highest BCUT2D eigenvalue weighted by Gasteiger charge is 2.29. The van der Waals surface area contributed by atoms with Crippen LogP contribution < -0.4 is 19.8 Å². The zero-order valence-corrected chi connectivity index (χ0v) is 18.8. The van der Waals surface area contributed by atoms with Gasteiger partial charge in [-0.25, -0.2) is 40.7 Å². The number of benzene rings is 1. The fraction of sp³-hybridized carbons (Fsp3) is 0.235. The van der Waals surface area contributed by atoms with Crippen LogP contribution in [0.5, 0.6) is 17.4 Å². The lowest BCUT2D eigenvalue weighted by Gasteiger charge is -2.26. The quantitative estimate of drug-likeness (QED) is 0.434. The Balaban J connectivity index is 1.90. The molecule has 34 heavy (non-hydrogen) atoms. The third kappa shape index (κ3) is 5.78. The first kappa shape index (κ1) is 25.7. The number of sulfonamides is 1. The largest absolute Gasteiger partial charge is 0.505 e. The molecule has 0 fully saturated rings. The van der Waals surface area contributed by atoms with Crippen molar-refractivity contribution in [2.45, 2.75) is 17.7 Å². The molecule has 184 valence electrons. The van der Waals surface area contributed by atoms with Crippen LogP contribution in [0.3, 0.4) is 0 Å². The Bertz CT molecular complexity index is 1230. The molecular formula is C17H13Cl2F4N5O5S. The Morgan fingerprint density at radius 2 is 1.85 bits per heavy atom. The van der Waals surface area contributed by atoms with Gasteiger partial charge in [0.1, 0.15) is 11.6 Å². The first-order chi connectivity index (χ1) is 15.9. The van der Waals surface area contributed by atoms with Crippen molar-refractivity contribution in [3.05, 3.63) is 34.4 Å². The van der Waals surface area contributed by atoms with Crippen LogP contribution >= 0.6 is 23.2 Å². The number of hydrazone groups is 1. The summed E-state index contributed by atoms with van der Waals surface area (Å²) in [7, 11) is -4.54. The van der Waals surface area contributed by atoms with E-state index >= 15 is 0 Å². The number of rotatable bonds is 8. The van der Waals surface area contributed by atoms with Crippen LogP contribution in [0, 0.1) is 0 Å². The van der Waals surface area contributed by atoms with E-state index in [4.69, 9.17) is 27.9 Å². The monoisotopic (exact) mass is 545 g/mol. The fourth-order valence-corrected chi connectivity index (χ4v) is 4.21. The minimum Gasteiger partial charge on any atom is -0.505 e. The van der Waals surface area contributed by atoms with E-state index in [1.807, 2.05) is 0 Å². The number of aromatic hydroxyl groups is 1. The molecule has 0 radical (unpaired) electrons. The van der Waals surface area contributed by atoms with Crippen molar-refractivity contribution < 1.29 is 40.6 Å². The zero-order valence-electron chi connectivity index (χ0n) is 16.5. The summed E-state index contributed by atoms with van der Waals surface area (Å²) in [6.07, 6.45) is -5.39. The van der Waals surface area contributed by atoms with Crippen LogP contribution in [-0.2, 0) is 14.8 Å². The smallest absolute Gasteiger partial charge is 0.287 e. The topological polar surface area (TPSA) is 133 Å². The van der Waals surface area contributed by atoms with Crippen LogP contribution in [0.1, 0.15) is 0 Å². The van der Waals surface area contributed by atoms with Gasteiger partial charge in [-0.15, -0.1) is 0 Å². The van der Waals surface area contributed by atoms with Gasteiger partial charge in [0.25, 0.3) is 18.8 Å². The first-order valence-electron chi connectivity index (χ1n) is 8.95. The second kappa shape index (κ2) is 10.2. The third-order valence-corrected chi connectivity index (χ3v) is 6.10. The number of anilines is 1. The number of carbonyl (C=O) groups excluding carboxylic acids is 1. The van der Waals surface area contributed by atoms with Gasteiger partial charge in [-0.3, -0.25) is 4.79 Å². The summed E-state index contributed by atoms with van der Waals surface area (Å²) in [4.78, 5) is 14.4. The SMILES string of the molecule is O=C1NCN(c2cc(Cl)c(Oc3cc(S(=O)(=O)NCC(F)F)c(O)cn3)c(Cl)c2)N=C1C(F)F. The molecule has 1 amide bonds. The first-order valence-corrected chi connectivity index (χ1v) is 11.2. The van der Waals surface area contributed by atoms with Gasteiger partial charge in [0.05, 0.1) is 28.5 Å². The van der Waals surface area contributed by atoms with Gasteiger partial charge in [-0.2, -0.15) is 5.10 Å². The van der Waals surface area contributed by atoms with Gasteiger partial charge in [0, 0.05) is 6.07 Å². The molecule has 1 aromatic heterocycles. The predicted octanol–water partition coefficient (Wildman–Crippen LogP) is 2.94. The van der Waals surface area contributed by atoms with Crippen LogP contribution in [0.15, 0.2) is 34.4 Å². The van der Waals surface area contributed by atoms with E-state index < -0.39 is 57.6 Å². The molecule has 1 aliphatic rings. The molecule has 3 N–H and O–H groups in total. The number of ether oxygens (including phenoxy) is 1. The second-order valence-corrected chi connectivity index (χ2v) is 8.97. The fourth-order valence-electron chi connectivity index (χ4n) is 2.57. The van der Waals surface area contributed by atoms with Crippen molar-refractivity contribution in [2.75, 3.05) is 18.2 Å².